The lowest BCUT2D eigenvalue weighted by molar-refractivity contribution is -0.141. The highest BCUT2D eigenvalue weighted by atomic mass is 16.3. The van der Waals surface area contributed by atoms with Gasteiger partial charge in [-0.2, -0.15) is 0 Å². The molecule has 0 rings (SSSR count). The first-order chi connectivity index (χ1) is 6.21. The van der Waals surface area contributed by atoms with E-state index in [1.54, 1.807) is 11.9 Å². The molecule has 1 unspecified atom stereocenters. The van der Waals surface area contributed by atoms with Crippen molar-refractivity contribution in [2.24, 2.45) is 11.8 Å². The highest BCUT2D eigenvalue weighted by Gasteiger charge is 2.29. The summed E-state index contributed by atoms with van der Waals surface area (Å²) >= 11 is 0. The maximum Gasteiger partial charge on any atom is 0.228 e. The Hall–Kier alpha value is -0.570. The molecule has 1 atom stereocenters. The van der Waals surface area contributed by atoms with Crippen molar-refractivity contribution >= 4 is 5.91 Å². The van der Waals surface area contributed by atoms with Crippen LogP contribution in [0.2, 0.25) is 0 Å². The molecule has 3 heteroatoms. The normalized spacial score (nSPS) is 14.3. The maximum atomic E-state index is 11.9. The number of hydrogen-bond donors (Lipinski definition) is 1. The van der Waals surface area contributed by atoms with E-state index in [-0.39, 0.29) is 29.9 Å². The molecule has 0 aromatic heterocycles. The maximum absolute atomic E-state index is 11.9. The van der Waals surface area contributed by atoms with Crippen LogP contribution in [0.15, 0.2) is 0 Å². The van der Waals surface area contributed by atoms with Crippen LogP contribution >= 0.6 is 0 Å². The van der Waals surface area contributed by atoms with Crippen LogP contribution in [0.5, 0.6) is 0 Å². The van der Waals surface area contributed by atoms with Gasteiger partial charge in [-0.25, -0.2) is 0 Å². The van der Waals surface area contributed by atoms with Gasteiger partial charge < -0.3 is 10.0 Å². The molecule has 0 saturated heterocycles. The Kier molecular flexibility index (Phi) is 4.59. The van der Waals surface area contributed by atoms with E-state index < -0.39 is 0 Å². The van der Waals surface area contributed by atoms with Gasteiger partial charge >= 0.3 is 0 Å². The van der Waals surface area contributed by atoms with Gasteiger partial charge in [-0.3, -0.25) is 4.79 Å². The summed E-state index contributed by atoms with van der Waals surface area (Å²) in [6, 6.07) is 0. The molecule has 0 aliphatic heterocycles. The largest absolute Gasteiger partial charge is 0.396 e. The molecule has 0 aromatic rings. The van der Waals surface area contributed by atoms with Crippen molar-refractivity contribution in [2.45, 2.75) is 40.2 Å². The van der Waals surface area contributed by atoms with E-state index in [2.05, 4.69) is 0 Å². The molecule has 0 heterocycles. The SMILES string of the molecule is CC(C)C(CO)C(=O)N(C)C(C)(C)C. The fourth-order valence-corrected chi connectivity index (χ4v) is 1.15. The van der Waals surface area contributed by atoms with Crippen molar-refractivity contribution in [1.82, 2.24) is 4.90 Å². The first kappa shape index (κ1) is 13.4. The van der Waals surface area contributed by atoms with Crippen LogP contribution in [0.3, 0.4) is 0 Å². The highest BCUT2D eigenvalue weighted by molar-refractivity contribution is 5.79. The second kappa shape index (κ2) is 4.78. The lowest BCUT2D eigenvalue weighted by Gasteiger charge is -2.35. The first-order valence-corrected chi connectivity index (χ1v) is 5.10. The molecule has 0 aromatic carbocycles. The van der Waals surface area contributed by atoms with Crippen molar-refractivity contribution in [3.8, 4) is 0 Å². The van der Waals surface area contributed by atoms with Crippen molar-refractivity contribution in [1.29, 1.82) is 0 Å². The Labute approximate surface area is 87.1 Å². The van der Waals surface area contributed by atoms with Crippen LogP contribution in [-0.2, 0) is 4.79 Å². The van der Waals surface area contributed by atoms with Gasteiger partial charge in [0.1, 0.15) is 0 Å². The van der Waals surface area contributed by atoms with Crippen LogP contribution in [0.25, 0.3) is 0 Å². The molecule has 0 bridgehead atoms. The summed E-state index contributed by atoms with van der Waals surface area (Å²) < 4.78 is 0. The van der Waals surface area contributed by atoms with E-state index in [0.29, 0.717) is 0 Å². The van der Waals surface area contributed by atoms with Crippen molar-refractivity contribution in [3.63, 3.8) is 0 Å². The van der Waals surface area contributed by atoms with Crippen LogP contribution in [0.1, 0.15) is 34.6 Å². The van der Waals surface area contributed by atoms with Gasteiger partial charge in [0.15, 0.2) is 0 Å². The molecule has 84 valence electrons. The average Bonchev–Trinajstić information content (AvgIpc) is 2.01. The van der Waals surface area contributed by atoms with Gasteiger partial charge in [0.25, 0.3) is 0 Å². The fraction of sp³-hybridized carbons (Fsp3) is 0.909. The van der Waals surface area contributed by atoms with E-state index in [0.717, 1.165) is 0 Å². The molecule has 0 aliphatic rings. The van der Waals surface area contributed by atoms with Crippen LogP contribution in [0.4, 0.5) is 0 Å². The van der Waals surface area contributed by atoms with E-state index in [1.165, 1.54) is 0 Å². The fourth-order valence-electron chi connectivity index (χ4n) is 1.15. The Balaban J connectivity index is 4.59. The second-order valence-electron chi connectivity index (χ2n) is 5.10. The Morgan fingerprint density at radius 2 is 1.79 bits per heavy atom. The van der Waals surface area contributed by atoms with E-state index >= 15 is 0 Å². The van der Waals surface area contributed by atoms with E-state index in [1.807, 2.05) is 34.6 Å². The smallest absolute Gasteiger partial charge is 0.228 e. The molecule has 1 N–H and O–H groups in total. The Morgan fingerprint density at radius 1 is 1.36 bits per heavy atom. The molecular formula is C11H23NO2. The first-order valence-electron chi connectivity index (χ1n) is 5.10. The average molecular weight is 201 g/mol. The minimum Gasteiger partial charge on any atom is -0.396 e. The third kappa shape index (κ3) is 3.29. The van der Waals surface area contributed by atoms with E-state index in [4.69, 9.17) is 5.11 Å². The van der Waals surface area contributed by atoms with Crippen LogP contribution in [-0.4, -0.2) is 35.1 Å². The van der Waals surface area contributed by atoms with Gasteiger partial charge in [0.2, 0.25) is 5.91 Å². The van der Waals surface area contributed by atoms with Gasteiger partial charge in [0, 0.05) is 12.6 Å². The monoisotopic (exact) mass is 201 g/mol. The van der Waals surface area contributed by atoms with Crippen LogP contribution in [0, 0.1) is 11.8 Å². The minimum atomic E-state index is -0.278. The third-order valence-electron chi connectivity index (χ3n) is 2.66. The summed E-state index contributed by atoms with van der Waals surface area (Å²) in [7, 11) is 1.79. The number of rotatable bonds is 3. The summed E-state index contributed by atoms with van der Waals surface area (Å²) in [5.41, 5.74) is -0.181. The third-order valence-corrected chi connectivity index (χ3v) is 2.66. The van der Waals surface area contributed by atoms with Crippen molar-refractivity contribution < 1.29 is 9.90 Å². The number of aliphatic hydroxyl groups is 1. The molecule has 0 aliphatic carbocycles. The lowest BCUT2D eigenvalue weighted by atomic mass is 9.93. The summed E-state index contributed by atoms with van der Waals surface area (Å²) in [4.78, 5) is 13.6. The van der Waals surface area contributed by atoms with E-state index in [9.17, 15) is 4.79 Å². The molecule has 0 spiro atoms. The minimum absolute atomic E-state index is 0.0231. The predicted molar refractivity (Wildman–Crippen MR) is 57.9 cm³/mol. The molecule has 0 fully saturated rings. The molecular weight excluding hydrogens is 178 g/mol. The second-order valence-corrected chi connectivity index (χ2v) is 5.10. The molecule has 1 amide bonds. The summed E-state index contributed by atoms with van der Waals surface area (Å²) in [5, 5.41) is 9.13. The predicted octanol–water partition coefficient (Wildman–Crippen LogP) is 1.51. The van der Waals surface area contributed by atoms with Crippen molar-refractivity contribution in [3.05, 3.63) is 0 Å². The zero-order chi connectivity index (χ0) is 11.5. The Morgan fingerprint density at radius 3 is 2.00 bits per heavy atom. The summed E-state index contributed by atoms with van der Waals surface area (Å²) in [6.45, 7) is 9.79. The van der Waals surface area contributed by atoms with Gasteiger partial charge in [0.05, 0.1) is 12.5 Å². The van der Waals surface area contributed by atoms with Crippen LogP contribution < -0.4 is 0 Å². The number of hydrogen-bond acceptors (Lipinski definition) is 2. The highest BCUT2D eigenvalue weighted by Crippen LogP contribution is 2.18. The number of carbonyl (C=O) groups is 1. The topological polar surface area (TPSA) is 40.5 Å². The standard InChI is InChI=1S/C11H23NO2/c1-8(2)9(7-13)10(14)12(6)11(3,4)5/h8-9,13H,7H2,1-6H3. The molecule has 3 nitrogen and oxygen atoms in total. The molecule has 14 heavy (non-hydrogen) atoms. The quantitative estimate of drug-likeness (QED) is 0.752. The van der Waals surface area contributed by atoms with Crippen molar-refractivity contribution in [2.75, 3.05) is 13.7 Å². The summed E-state index contributed by atoms with van der Waals surface area (Å²) in [6.07, 6.45) is 0. The number of amides is 1. The number of nitrogens with zero attached hydrogens (tertiary/aromatic N) is 1. The number of aliphatic hydroxyl groups excluding tert-OH is 1. The zero-order valence-electron chi connectivity index (χ0n) is 10.2. The molecule has 0 radical (unpaired) electrons. The lowest BCUT2D eigenvalue weighted by Crippen LogP contribution is -2.47. The summed E-state index contributed by atoms with van der Waals surface area (Å²) in [5.74, 6) is -0.0773. The van der Waals surface area contributed by atoms with Gasteiger partial charge in [-0.1, -0.05) is 13.8 Å². The molecule has 0 saturated carbocycles. The van der Waals surface area contributed by atoms with Gasteiger partial charge in [-0.05, 0) is 26.7 Å². The number of carbonyl (C=O) groups excluding carboxylic acids is 1. The van der Waals surface area contributed by atoms with Gasteiger partial charge in [-0.15, -0.1) is 0 Å². The Bertz CT molecular complexity index is 190. The zero-order valence-corrected chi connectivity index (χ0v) is 10.2.